The van der Waals surface area contributed by atoms with Crippen molar-refractivity contribution in [3.8, 4) is 11.9 Å². The van der Waals surface area contributed by atoms with Crippen LogP contribution in [0.5, 0.6) is 0 Å². The smallest absolute Gasteiger partial charge is 0.315 e. The first kappa shape index (κ1) is 29.3. The Morgan fingerprint density at radius 1 is 0.977 bits per heavy atom. The van der Waals surface area contributed by atoms with E-state index in [2.05, 4.69) is 31.9 Å². The highest BCUT2D eigenvalue weighted by Crippen LogP contribution is 2.30. The largest absolute Gasteiger partial charge is 0.378 e. The Balaban J connectivity index is 1.14. The fraction of sp³-hybridized carbons (Fsp3) is 0.387. The molecule has 1 aliphatic heterocycles. The van der Waals surface area contributed by atoms with Crippen LogP contribution >= 0.6 is 0 Å². The van der Waals surface area contributed by atoms with Gasteiger partial charge in [0.1, 0.15) is 11.6 Å². The van der Waals surface area contributed by atoms with Crippen LogP contribution in [0.15, 0.2) is 54.6 Å². The lowest BCUT2D eigenvalue weighted by molar-refractivity contribution is 0.122. The average Bonchev–Trinajstić information content (AvgIpc) is 3.46. The molecule has 3 heterocycles. The number of halogens is 2. The zero-order valence-corrected chi connectivity index (χ0v) is 24.0. The zero-order chi connectivity index (χ0) is 30.5. The number of imidazole rings is 1. The minimum atomic E-state index is -2.79. The van der Waals surface area contributed by atoms with E-state index in [1.165, 1.54) is 4.57 Å². The van der Waals surface area contributed by atoms with Gasteiger partial charge in [-0.15, -0.1) is 0 Å². The molecular formula is C31H33F2N9O2. The summed E-state index contributed by atoms with van der Waals surface area (Å²) in [4.78, 5) is 28.2. The van der Waals surface area contributed by atoms with Crippen molar-refractivity contribution in [1.29, 1.82) is 5.26 Å². The molecule has 0 atom stereocenters. The molecule has 2 aliphatic rings. The molecule has 0 radical (unpaired) electrons. The fourth-order valence-electron chi connectivity index (χ4n) is 5.67. The van der Waals surface area contributed by atoms with Crippen LogP contribution < -0.4 is 20.9 Å². The van der Waals surface area contributed by atoms with Gasteiger partial charge in [-0.25, -0.2) is 18.6 Å². The van der Waals surface area contributed by atoms with Crippen LogP contribution in [0.3, 0.4) is 0 Å². The number of benzene rings is 2. The lowest BCUT2D eigenvalue weighted by atomic mass is 9.91. The Hall–Kier alpha value is -4.83. The number of morpholine rings is 1. The predicted molar refractivity (Wildman–Crippen MR) is 161 cm³/mol. The number of fused-ring (bicyclic) bond motifs is 1. The molecule has 1 saturated heterocycles. The topological polar surface area (TPSA) is 133 Å². The van der Waals surface area contributed by atoms with E-state index in [0.717, 1.165) is 31.2 Å². The number of carbonyl (C=O) groups is 1. The first-order valence-corrected chi connectivity index (χ1v) is 14.7. The number of nitriles is 1. The molecule has 13 heteroatoms. The van der Waals surface area contributed by atoms with Crippen LogP contribution in [-0.4, -0.2) is 63.9 Å². The molecule has 2 aromatic heterocycles. The normalized spacial score (nSPS) is 18.6. The van der Waals surface area contributed by atoms with Crippen molar-refractivity contribution in [1.82, 2.24) is 30.2 Å². The number of alkyl halides is 2. The van der Waals surface area contributed by atoms with E-state index in [-0.39, 0.29) is 23.9 Å². The number of anilines is 2. The van der Waals surface area contributed by atoms with Crippen molar-refractivity contribution in [2.45, 2.75) is 50.7 Å². The number of nitrogens with one attached hydrogen (secondary N) is 3. The molecule has 6 rings (SSSR count). The van der Waals surface area contributed by atoms with Gasteiger partial charge >= 0.3 is 6.03 Å². The van der Waals surface area contributed by atoms with Gasteiger partial charge in [0.05, 0.1) is 35.9 Å². The quantitative estimate of drug-likeness (QED) is 0.265. The van der Waals surface area contributed by atoms with Gasteiger partial charge in [0.25, 0.3) is 6.43 Å². The number of ether oxygens (including phenoxy) is 1. The van der Waals surface area contributed by atoms with Crippen molar-refractivity contribution in [2.24, 2.45) is 0 Å². The predicted octanol–water partition coefficient (Wildman–Crippen LogP) is 4.68. The summed E-state index contributed by atoms with van der Waals surface area (Å²) in [7, 11) is 0. The van der Waals surface area contributed by atoms with Gasteiger partial charge in [0.2, 0.25) is 5.95 Å². The van der Waals surface area contributed by atoms with Gasteiger partial charge in [-0.3, -0.25) is 4.57 Å². The van der Waals surface area contributed by atoms with Gasteiger partial charge < -0.3 is 25.6 Å². The average molecular weight is 602 g/mol. The molecule has 2 aromatic carbocycles. The third kappa shape index (κ3) is 6.70. The number of rotatable bonds is 8. The first-order valence-electron chi connectivity index (χ1n) is 14.7. The van der Waals surface area contributed by atoms with Crippen LogP contribution in [0.1, 0.15) is 49.1 Å². The van der Waals surface area contributed by atoms with Crippen molar-refractivity contribution >= 4 is 28.8 Å². The molecule has 2 fully saturated rings. The second-order valence-electron chi connectivity index (χ2n) is 10.9. The number of nitrogens with zero attached hydrogens (tertiary/aromatic N) is 6. The molecule has 2 amide bonds. The molecular weight excluding hydrogens is 568 g/mol. The molecule has 228 valence electrons. The van der Waals surface area contributed by atoms with Gasteiger partial charge in [0.15, 0.2) is 5.82 Å². The Labute approximate surface area is 253 Å². The highest BCUT2D eigenvalue weighted by Gasteiger charge is 2.26. The molecule has 0 spiro atoms. The van der Waals surface area contributed by atoms with E-state index >= 15 is 0 Å². The fourth-order valence-corrected chi connectivity index (χ4v) is 5.67. The van der Waals surface area contributed by atoms with E-state index < -0.39 is 6.43 Å². The Morgan fingerprint density at radius 3 is 2.41 bits per heavy atom. The van der Waals surface area contributed by atoms with E-state index in [1.54, 1.807) is 42.5 Å². The number of carbonyl (C=O) groups excluding carboxylic acids is 1. The molecule has 0 unspecified atom stereocenters. The molecule has 1 saturated carbocycles. The van der Waals surface area contributed by atoms with Crippen LogP contribution in [0.25, 0.3) is 16.9 Å². The standard InChI is InChI=1S/C31H33F2N9O2/c32-28(33)29-38-24-3-1-2-4-25(24)42(29)27-17-26(41-13-15-44-16-14-41)39-30(40-27)36-22-9-11-23(12-10-22)37-31(43)35-19-21-7-5-20(18-34)6-8-21/h1-8,17,22-23,28H,9-16,19H2,(H2,35,37,43)(H,36,39,40)/t22-,23-. The minimum Gasteiger partial charge on any atom is -0.378 e. The monoisotopic (exact) mass is 601 g/mol. The summed E-state index contributed by atoms with van der Waals surface area (Å²) in [6.07, 6.45) is 0.290. The number of hydrogen-bond donors (Lipinski definition) is 3. The number of amides is 2. The molecule has 44 heavy (non-hydrogen) atoms. The summed E-state index contributed by atoms with van der Waals surface area (Å²) >= 11 is 0. The minimum absolute atomic E-state index is 0.0242. The van der Waals surface area contributed by atoms with Crippen molar-refractivity contribution < 1.29 is 18.3 Å². The van der Waals surface area contributed by atoms with E-state index in [0.29, 0.717) is 67.0 Å². The second kappa shape index (κ2) is 13.2. The lowest BCUT2D eigenvalue weighted by Crippen LogP contribution is -2.44. The summed E-state index contributed by atoms with van der Waals surface area (Å²) in [6, 6.07) is 17.8. The van der Waals surface area contributed by atoms with Crippen LogP contribution in [-0.2, 0) is 11.3 Å². The summed E-state index contributed by atoms with van der Waals surface area (Å²) in [5, 5.41) is 18.3. The Kier molecular flexibility index (Phi) is 8.79. The first-order chi connectivity index (χ1) is 21.5. The molecule has 4 aromatic rings. The lowest BCUT2D eigenvalue weighted by Gasteiger charge is -2.31. The highest BCUT2D eigenvalue weighted by atomic mass is 19.3. The van der Waals surface area contributed by atoms with Gasteiger partial charge in [-0.2, -0.15) is 15.2 Å². The summed E-state index contributed by atoms with van der Waals surface area (Å²) in [5.41, 5.74) is 2.50. The Bertz CT molecular complexity index is 1640. The van der Waals surface area contributed by atoms with Gasteiger partial charge in [-0.1, -0.05) is 24.3 Å². The highest BCUT2D eigenvalue weighted by molar-refractivity contribution is 5.78. The van der Waals surface area contributed by atoms with Crippen LogP contribution in [0.4, 0.5) is 25.3 Å². The third-order valence-electron chi connectivity index (χ3n) is 7.98. The molecule has 1 aliphatic carbocycles. The molecule has 0 bridgehead atoms. The molecule has 3 N–H and O–H groups in total. The second-order valence-corrected chi connectivity index (χ2v) is 10.9. The number of urea groups is 1. The maximum Gasteiger partial charge on any atom is 0.315 e. The summed E-state index contributed by atoms with van der Waals surface area (Å²) < 4.78 is 35.2. The summed E-state index contributed by atoms with van der Waals surface area (Å²) in [6.45, 7) is 2.73. The summed E-state index contributed by atoms with van der Waals surface area (Å²) in [5.74, 6) is 0.946. The van der Waals surface area contributed by atoms with E-state index in [1.807, 2.05) is 12.1 Å². The van der Waals surface area contributed by atoms with Crippen LogP contribution in [0.2, 0.25) is 0 Å². The van der Waals surface area contributed by atoms with Crippen molar-refractivity contribution in [2.75, 3.05) is 36.5 Å². The Morgan fingerprint density at radius 2 is 1.68 bits per heavy atom. The number of aromatic nitrogens is 4. The van der Waals surface area contributed by atoms with Crippen molar-refractivity contribution in [3.63, 3.8) is 0 Å². The molecule has 11 nitrogen and oxygen atoms in total. The van der Waals surface area contributed by atoms with Gasteiger partial charge in [-0.05, 0) is 55.5 Å². The SMILES string of the molecule is N#Cc1ccc(CNC(=O)N[C@H]2CC[C@H](Nc3nc(N4CCOCC4)cc(-n4c(C(F)F)nc5ccccc54)n3)CC2)cc1. The van der Waals surface area contributed by atoms with Crippen LogP contribution in [0, 0.1) is 11.3 Å². The zero-order valence-electron chi connectivity index (χ0n) is 24.0. The van der Waals surface area contributed by atoms with E-state index in [9.17, 15) is 13.6 Å². The maximum absolute atomic E-state index is 14.2. The third-order valence-corrected chi connectivity index (χ3v) is 7.98. The van der Waals surface area contributed by atoms with E-state index in [4.69, 9.17) is 20.0 Å². The number of hydrogen-bond acceptors (Lipinski definition) is 8. The van der Waals surface area contributed by atoms with Crippen molar-refractivity contribution in [3.05, 3.63) is 71.5 Å². The number of para-hydroxylation sites is 2. The maximum atomic E-state index is 14.2. The van der Waals surface area contributed by atoms with Gasteiger partial charge in [0, 0.05) is 37.8 Å².